The zero-order valence-electron chi connectivity index (χ0n) is 14.2. The first kappa shape index (κ1) is 19.2. The van der Waals surface area contributed by atoms with Crippen molar-refractivity contribution in [3.05, 3.63) is 43.0 Å². The summed E-state index contributed by atoms with van der Waals surface area (Å²) in [4.78, 5) is 51.0. The third kappa shape index (κ3) is 4.10. The van der Waals surface area contributed by atoms with Crippen molar-refractivity contribution in [1.82, 2.24) is 9.55 Å². The minimum atomic E-state index is -1.17. The molecule has 1 N–H and O–H groups in total. The van der Waals surface area contributed by atoms with Gasteiger partial charge in [0.2, 0.25) is 0 Å². The lowest BCUT2D eigenvalue weighted by molar-refractivity contribution is -0.155. The van der Waals surface area contributed by atoms with E-state index in [-0.39, 0.29) is 12.2 Å². The summed E-state index contributed by atoms with van der Waals surface area (Å²) in [6.45, 7) is 3.54. The molecule has 1 fully saturated rings. The van der Waals surface area contributed by atoms with Crippen LogP contribution in [0, 0.1) is 6.92 Å². The van der Waals surface area contributed by atoms with Gasteiger partial charge < -0.3 is 14.2 Å². The topological polar surface area (TPSA) is 165 Å². The maximum Gasteiger partial charge on any atom is 0.330 e. The number of nitrogens with zero attached hydrogens (tertiary/aromatic N) is 4. The SMILES string of the molecule is CC(=O)OCC1OC(n2cc(C)c(=O)[nH]c2=O)C(N=[N+]=[N-])C1OC(C)=O. The molecule has 1 aliphatic rings. The minimum Gasteiger partial charge on any atom is -0.463 e. The predicted octanol–water partition coefficient (Wildman–Crippen LogP) is -0.0839. The van der Waals surface area contributed by atoms with Crippen LogP contribution in [0.25, 0.3) is 10.4 Å². The quantitative estimate of drug-likeness (QED) is 0.329. The molecule has 12 nitrogen and oxygen atoms in total. The van der Waals surface area contributed by atoms with Gasteiger partial charge in [0.25, 0.3) is 5.56 Å². The van der Waals surface area contributed by atoms with E-state index in [1.165, 1.54) is 20.0 Å². The Balaban J connectivity index is 2.47. The van der Waals surface area contributed by atoms with Gasteiger partial charge in [0.15, 0.2) is 6.23 Å². The summed E-state index contributed by atoms with van der Waals surface area (Å²) in [5.41, 5.74) is 7.71. The summed E-state index contributed by atoms with van der Waals surface area (Å²) in [6, 6.07) is -1.12. The van der Waals surface area contributed by atoms with E-state index in [2.05, 4.69) is 15.0 Å². The Morgan fingerprint density at radius 1 is 1.38 bits per heavy atom. The molecule has 0 saturated carbocycles. The van der Waals surface area contributed by atoms with Crippen molar-refractivity contribution in [1.29, 1.82) is 0 Å². The molecule has 1 aromatic rings. The van der Waals surface area contributed by atoms with Gasteiger partial charge in [-0.25, -0.2) is 4.79 Å². The summed E-state index contributed by atoms with van der Waals surface area (Å²) < 4.78 is 16.7. The van der Waals surface area contributed by atoms with E-state index in [9.17, 15) is 19.2 Å². The number of aromatic amines is 1. The van der Waals surface area contributed by atoms with Gasteiger partial charge >= 0.3 is 17.6 Å². The number of H-pyrrole nitrogens is 1. The second kappa shape index (κ2) is 7.85. The summed E-state index contributed by atoms with van der Waals surface area (Å²) in [5.74, 6) is -1.26. The Labute approximate surface area is 146 Å². The lowest BCUT2D eigenvalue weighted by atomic mass is 10.1. The highest BCUT2D eigenvalue weighted by Gasteiger charge is 2.48. The van der Waals surface area contributed by atoms with Gasteiger partial charge in [-0.2, -0.15) is 0 Å². The molecule has 0 aromatic carbocycles. The van der Waals surface area contributed by atoms with Crippen LogP contribution in [-0.4, -0.2) is 46.3 Å². The number of rotatable bonds is 5. The highest BCUT2D eigenvalue weighted by molar-refractivity contribution is 5.66. The molecule has 1 saturated heterocycles. The Bertz CT molecular complexity index is 869. The second-order valence-electron chi connectivity index (χ2n) is 5.62. The fraction of sp³-hybridized carbons (Fsp3) is 0.571. The van der Waals surface area contributed by atoms with E-state index >= 15 is 0 Å². The Kier molecular flexibility index (Phi) is 5.80. The molecule has 0 spiro atoms. The number of carbonyl (C=O) groups excluding carboxylic acids is 2. The van der Waals surface area contributed by atoms with Crippen molar-refractivity contribution in [2.24, 2.45) is 5.11 Å². The van der Waals surface area contributed by atoms with Gasteiger partial charge in [-0.3, -0.25) is 23.9 Å². The molecule has 2 rings (SSSR count). The molecule has 4 unspecified atom stereocenters. The molecule has 1 aromatic heterocycles. The maximum absolute atomic E-state index is 12.1. The second-order valence-corrected chi connectivity index (χ2v) is 5.62. The van der Waals surface area contributed by atoms with E-state index in [4.69, 9.17) is 19.7 Å². The molecule has 4 atom stereocenters. The summed E-state index contributed by atoms with van der Waals surface area (Å²) in [5, 5.41) is 3.57. The molecule has 0 amide bonds. The van der Waals surface area contributed by atoms with Gasteiger partial charge in [0.05, 0.1) is 0 Å². The standard InChI is InChI=1S/C14H17N5O7/c1-6-4-19(14(23)16-12(6)22)13-10(17-18-15)11(25-8(3)21)9(26-13)5-24-7(2)20/h4,9-11,13H,5H2,1-3H3,(H,16,22,23). The highest BCUT2D eigenvalue weighted by Crippen LogP contribution is 2.33. The van der Waals surface area contributed by atoms with Crippen LogP contribution < -0.4 is 11.2 Å². The average Bonchev–Trinajstić information content (AvgIpc) is 2.86. The van der Waals surface area contributed by atoms with Gasteiger partial charge in [-0.1, -0.05) is 5.11 Å². The van der Waals surface area contributed by atoms with Gasteiger partial charge in [-0.15, -0.1) is 0 Å². The van der Waals surface area contributed by atoms with Crippen molar-refractivity contribution in [2.75, 3.05) is 6.61 Å². The van der Waals surface area contributed by atoms with Gasteiger partial charge in [-0.05, 0) is 12.5 Å². The van der Waals surface area contributed by atoms with E-state index in [0.29, 0.717) is 0 Å². The number of hydrogen-bond acceptors (Lipinski definition) is 8. The van der Waals surface area contributed by atoms with Crippen molar-refractivity contribution in [3.63, 3.8) is 0 Å². The number of carbonyl (C=O) groups is 2. The number of aryl methyl sites for hydroxylation is 1. The molecule has 140 valence electrons. The Morgan fingerprint density at radius 2 is 2.08 bits per heavy atom. The monoisotopic (exact) mass is 367 g/mol. The zero-order valence-corrected chi connectivity index (χ0v) is 14.2. The number of nitrogens with one attached hydrogen (secondary N) is 1. The molecule has 12 heteroatoms. The molecule has 0 radical (unpaired) electrons. The largest absolute Gasteiger partial charge is 0.463 e. The van der Waals surface area contributed by atoms with Crippen molar-refractivity contribution in [2.45, 2.75) is 45.2 Å². The van der Waals surface area contributed by atoms with Crippen LogP contribution in [0.15, 0.2) is 20.9 Å². The van der Waals surface area contributed by atoms with Crippen LogP contribution in [0.4, 0.5) is 0 Å². The summed E-state index contributed by atoms with van der Waals surface area (Å²) in [7, 11) is 0. The van der Waals surface area contributed by atoms with Crippen LogP contribution in [0.1, 0.15) is 25.6 Å². The first-order valence-corrected chi connectivity index (χ1v) is 7.57. The van der Waals surface area contributed by atoms with E-state index in [0.717, 1.165) is 11.5 Å². The van der Waals surface area contributed by atoms with E-state index < -0.39 is 47.7 Å². The van der Waals surface area contributed by atoms with Crippen LogP contribution in [0.5, 0.6) is 0 Å². The number of ether oxygens (including phenoxy) is 3. The molecule has 0 bridgehead atoms. The normalized spacial score (nSPS) is 24.6. The Hall–Kier alpha value is -3.11. The van der Waals surface area contributed by atoms with Crippen LogP contribution in [0.2, 0.25) is 0 Å². The highest BCUT2D eigenvalue weighted by atomic mass is 16.6. The van der Waals surface area contributed by atoms with Crippen LogP contribution in [-0.2, 0) is 23.8 Å². The van der Waals surface area contributed by atoms with Gasteiger partial charge in [0, 0.05) is 30.5 Å². The number of esters is 2. The number of aromatic nitrogens is 2. The maximum atomic E-state index is 12.1. The molecule has 0 aliphatic carbocycles. The smallest absolute Gasteiger partial charge is 0.330 e. The van der Waals surface area contributed by atoms with Gasteiger partial charge in [0.1, 0.15) is 24.9 Å². The van der Waals surface area contributed by atoms with Crippen LogP contribution >= 0.6 is 0 Å². The van der Waals surface area contributed by atoms with Crippen molar-refractivity contribution < 1.29 is 23.8 Å². The molecule has 2 heterocycles. The minimum absolute atomic E-state index is 0.223. The Morgan fingerprint density at radius 3 is 2.65 bits per heavy atom. The third-order valence-corrected chi connectivity index (χ3v) is 3.67. The number of hydrogen-bond donors (Lipinski definition) is 1. The van der Waals surface area contributed by atoms with Crippen LogP contribution in [0.3, 0.4) is 0 Å². The molecule has 1 aliphatic heterocycles. The van der Waals surface area contributed by atoms with Crippen molar-refractivity contribution in [3.8, 4) is 0 Å². The lowest BCUT2D eigenvalue weighted by Crippen LogP contribution is -2.39. The third-order valence-electron chi connectivity index (χ3n) is 3.67. The fourth-order valence-corrected chi connectivity index (χ4v) is 2.58. The van der Waals surface area contributed by atoms with Crippen molar-refractivity contribution >= 4 is 11.9 Å². The molecular formula is C14H17N5O7. The summed E-state index contributed by atoms with van der Waals surface area (Å²) >= 11 is 0. The summed E-state index contributed by atoms with van der Waals surface area (Å²) in [6.07, 6.45) is -1.99. The fourth-order valence-electron chi connectivity index (χ4n) is 2.58. The lowest BCUT2D eigenvalue weighted by Gasteiger charge is -2.20. The first-order chi connectivity index (χ1) is 12.2. The molecule has 26 heavy (non-hydrogen) atoms. The number of azide groups is 1. The van der Waals surface area contributed by atoms with E-state index in [1.807, 2.05) is 0 Å². The average molecular weight is 367 g/mol. The predicted molar refractivity (Wildman–Crippen MR) is 85.1 cm³/mol. The molecular weight excluding hydrogens is 350 g/mol. The zero-order chi connectivity index (χ0) is 19.4. The first-order valence-electron chi connectivity index (χ1n) is 7.57. The van der Waals surface area contributed by atoms with E-state index in [1.54, 1.807) is 0 Å².